The van der Waals surface area contributed by atoms with Gasteiger partial charge in [-0.3, -0.25) is 19.5 Å². The van der Waals surface area contributed by atoms with E-state index in [9.17, 15) is 14.4 Å². The van der Waals surface area contributed by atoms with Gasteiger partial charge in [0.05, 0.1) is 5.52 Å². The highest BCUT2D eigenvalue weighted by atomic mass is 16.5. The van der Waals surface area contributed by atoms with Crippen LogP contribution in [0.1, 0.15) is 50.7 Å². The second-order valence-corrected chi connectivity index (χ2v) is 9.31. The number of benzene rings is 1. The third-order valence-electron chi connectivity index (χ3n) is 6.85. The number of esters is 1. The number of carbonyl (C=O) groups is 2. The maximum atomic E-state index is 13.1. The van der Waals surface area contributed by atoms with Crippen molar-refractivity contribution < 1.29 is 18.7 Å². The molecule has 0 spiro atoms. The third-order valence-corrected chi connectivity index (χ3v) is 6.85. The van der Waals surface area contributed by atoms with Crippen molar-refractivity contribution in [2.75, 3.05) is 26.2 Å². The van der Waals surface area contributed by atoms with Crippen molar-refractivity contribution in [3.05, 3.63) is 33.8 Å². The number of piperidine rings is 2. The van der Waals surface area contributed by atoms with Gasteiger partial charge in [-0.2, -0.15) is 0 Å². The molecule has 1 N–H and O–H groups in total. The Bertz CT molecular complexity index is 1030. The molecule has 4 rings (SSSR count). The van der Waals surface area contributed by atoms with Gasteiger partial charge in [0.2, 0.25) is 5.91 Å². The predicted molar refractivity (Wildman–Crippen MR) is 120 cm³/mol. The summed E-state index contributed by atoms with van der Waals surface area (Å²) in [5, 5.41) is 0. The number of rotatable bonds is 5. The van der Waals surface area contributed by atoms with Crippen LogP contribution in [0.3, 0.4) is 0 Å². The summed E-state index contributed by atoms with van der Waals surface area (Å²) in [5.41, 5.74) is 3.21. The summed E-state index contributed by atoms with van der Waals surface area (Å²) in [6, 6.07) is 4.37. The molecule has 0 saturated carbocycles. The molecule has 2 fully saturated rings. The molecule has 1 amide bonds. The Balaban J connectivity index is 1.28. The molecule has 1 aromatic heterocycles. The standard InChI is InChI=1S/C24H33N3O5/c1-15-12-18(14-21-22(15)25-24(30)32-21)13-16(2)23(29)27-8-4-19(5-9-27)26-10-6-20(7-11-26)31-17(3)28/h12,14,16,19-20H,4-11,13H2,1-3H3,(H,25,30)/t16-/m1/s1. The Morgan fingerprint density at radius 2 is 1.84 bits per heavy atom. The third kappa shape index (κ3) is 5.06. The van der Waals surface area contributed by atoms with Crippen molar-refractivity contribution in [2.45, 2.75) is 65.0 Å². The number of amides is 1. The Hall–Kier alpha value is -2.61. The van der Waals surface area contributed by atoms with E-state index in [0.717, 1.165) is 68.5 Å². The maximum Gasteiger partial charge on any atom is 0.417 e. The van der Waals surface area contributed by atoms with Gasteiger partial charge in [0, 0.05) is 45.1 Å². The van der Waals surface area contributed by atoms with E-state index in [1.54, 1.807) is 0 Å². The number of hydrogen-bond donors (Lipinski definition) is 1. The highest BCUT2D eigenvalue weighted by Crippen LogP contribution is 2.25. The quantitative estimate of drug-likeness (QED) is 0.714. The largest absolute Gasteiger partial charge is 0.462 e. The van der Waals surface area contributed by atoms with Crippen molar-refractivity contribution in [1.29, 1.82) is 0 Å². The molecule has 8 nitrogen and oxygen atoms in total. The number of aromatic nitrogens is 1. The van der Waals surface area contributed by atoms with Gasteiger partial charge in [-0.1, -0.05) is 13.0 Å². The van der Waals surface area contributed by atoms with Crippen molar-refractivity contribution in [1.82, 2.24) is 14.8 Å². The summed E-state index contributed by atoms with van der Waals surface area (Å²) in [6.07, 6.45) is 4.41. The van der Waals surface area contributed by atoms with Crippen molar-refractivity contribution in [3.8, 4) is 0 Å². The SMILES string of the molecule is CC(=O)OC1CCN(C2CCN(C(=O)[C@H](C)Cc3cc(C)c4[nH]c(=O)oc4c3)CC2)CC1. The Morgan fingerprint density at radius 3 is 2.50 bits per heavy atom. The minimum atomic E-state index is -0.456. The number of hydrogen-bond acceptors (Lipinski definition) is 6. The molecule has 1 atom stereocenters. The van der Waals surface area contributed by atoms with Crippen LogP contribution in [-0.2, 0) is 20.7 Å². The zero-order valence-corrected chi connectivity index (χ0v) is 19.2. The zero-order valence-electron chi connectivity index (χ0n) is 19.2. The molecule has 0 bridgehead atoms. The lowest BCUT2D eigenvalue weighted by Crippen LogP contribution is -2.50. The average Bonchev–Trinajstić information content (AvgIpc) is 3.14. The lowest BCUT2D eigenvalue weighted by Gasteiger charge is -2.42. The summed E-state index contributed by atoms with van der Waals surface area (Å²) in [4.78, 5) is 42.9. The first-order chi connectivity index (χ1) is 15.3. The van der Waals surface area contributed by atoms with Crippen LogP contribution in [0.2, 0.25) is 0 Å². The van der Waals surface area contributed by atoms with Gasteiger partial charge in [-0.25, -0.2) is 4.79 Å². The van der Waals surface area contributed by atoms with Crippen LogP contribution in [0.15, 0.2) is 21.3 Å². The molecule has 2 saturated heterocycles. The highest BCUT2D eigenvalue weighted by molar-refractivity contribution is 5.80. The van der Waals surface area contributed by atoms with E-state index in [-0.39, 0.29) is 23.9 Å². The molecule has 0 aliphatic carbocycles. The number of aromatic amines is 1. The topological polar surface area (TPSA) is 95.9 Å². The fourth-order valence-corrected chi connectivity index (χ4v) is 5.21. The van der Waals surface area contributed by atoms with Crippen LogP contribution in [0.25, 0.3) is 11.1 Å². The zero-order chi connectivity index (χ0) is 22.8. The van der Waals surface area contributed by atoms with Crippen molar-refractivity contribution in [2.24, 2.45) is 5.92 Å². The molecule has 2 aliphatic rings. The lowest BCUT2D eigenvalue weighted by molar-refractivity contribution is -0.148. The normalized spacial score (nSPS) is 19.9. The number of nitrogens with one attached hydrogen (secondary N) is 1. The van der Waals surface area contributed by atoms with E-state index < -0.39 is 5.76 Å². The van der Waals surface area contributed by atoms with Crippen LogP contribution in [-0.4, -0.2) is 65.0 Å². The van der Waals surface area contributed by atoms with E-state index in [2.05, 4.69) is 9.88 Å². The van der Waals surface area contributed by atoms with Crippen LogP contribution in [0.5, 0.6) is 0 Å². The van der Waals surface area contributed by atoms with E-state index in [1.807, 2.05) is 30.9 Å². The fourth-order valence-electron chi connectivity index (χ4n) is 5.21. The molecule has 2 aliphatic heterocycles. The van der Waals surface area contributed by atoms with Gasteiger partial charge in [0.15, 0.2) is 5.58 Å². The van der Waals surface area contributed by atoms with E-state index in [1.165, 1.54) is 6.92 Å². The second kappa shape index (κ2) is 9.48. The second-order valence-electron chi connectivity index (χ2n) is 9.31. The van der Waals surface area contributed by atoms with E-state index in [4.69, 9.17) is 9.15 Å². The average molecular weight is 444 g/mol. The molecule has 8 heteroatoms. The summed E-state index contributed by atoms with van der Waals surface area (Å²) < 4.78 is 10.5. The van der Waals surface area contributed by atoms with Gasteiger partial charge in [-0.15, -0.1) is 0 Å². The number of carbonyl (C=O) groups excluding carboxylic acids is 2. The Kier molecular flexibility index (Phi) is 6.69. The molecule has 3 heterocycles. The summed E-state index contributed by atoms with van der Waals surface area (Å²) >= 11 is 0. The predicted octanol–water partition coefficient (Wildman–Crippen LogP) is 2.63. The van der Waals surface area contributed by atoms with Crippen LogP contribution < -0.4 is 5.76 Å². The first-order valence-electron chi connectivity index (χ1n) is 11.6. The van der Waals surface area contributed by atoms with Crippen LogP contribution >= 0.6 is 0 Å². The molecular formula is C24H33N3O5. The van der Waals surface area contributed by atoms with E-state index >= 15 is 0 Å². The first-order valence-corrected chi connectivity index (χ1v) is 11.6. The molecule has 32 heavy (non-hydrogen) atoms. The van der Waals surface area contributed by atoms with Gasteiger partial charge >= 0.3 is 11.7 Å². The number of H-pyrrole nitrogens is 1. The van der Waals surface area contributed by atoms with Crippen molar-refractivity contribution >= 4 is 23.0 Å². The number of oxazole rings is 1. The number of nitrogens with zero attached hydrogens (tertiary/aromatic N) is 2. The molecule has 174 valence electrons. The number of ether oxygens (including phenoxy) is 1. The maximum absolute atomic E-state index is 13.1. The van der Waals surface area contributed by atoms with Crippen LogP contribution in [0, 0.1) is 12.8 Å². The van der Waals surface area contributed by atoms with Gasteiger partial charge in [0.1, 0.15) is 6.10 Å². The minimum absolute atomic E-state index is 0.0495. The van der Waals surface area contributed by atoms with Crippen LogP contribution in [0.4, 0.5) is 0 Å². The smallest absolute Gasteiger partial charge is 0.417 e. The number of fused-ring (bicyclic) bond motifs is 1. The molecule has 0 unspecified atom stereocenters. The summed E-state index contributed by atoms with van der Waals surface area (Å²) in [6.45, 7) is 8.83. The first kappa shape index (κ1) is 22.6. The highest BCUT2D eigenvalue weighted by Gasteiger charge is 2.31. The summed E-state index contributed by atoms with van der Waals surface area (Å²) in [7, 11) is 0. The summed E-state index contributed by atoms with van der Waals surface area (Å²) in [5.74, 6) is -0.598. The number of likely N-dealkylation sites (tertiary alicyclic amines) is 2. The molecular weight excluding hydrogens is 410 g/mol. The molecule has 0 radical (unpaired) electrons. The van der Waals surface area contributed by atoms with Crippen molar-refractivity contribution in [3.63, 3.8) is 0 Å². The fraction of sp³-hybridized carbons (Fsp3) is 0.625. The van der Waals surface area contributed by atoms with Gasteiger partial charge < -0.3 is 14.1 Å². The molecule has 1 aromatic carbocycles. The van der Waals surface area contributed by atoms with E-state index in [0.29, 0.717) is 18.0 Å². The molecule has 2 aromatic rings. The Labute approximate surface area is 187 Å². The Morgan fingerprint density at radius 1 is 1.16 bits per heavy atom. The van der Waals surface area contributed by atoms with Gasteiger partial charge in [-0.05, 0) is 56.2 Å². The van der Waals surface area contributed by atoms with Gasteiger partial charge in [0.25, 0.3) is 0 Å². The minimum Gasteiger partial charge on any atom is -0.462 e. The number of aryl methyl sites for hydroxylation is 1. The monoisotopic (exact) mass is 443 g/mol. The lowest BCUT2D eigenvalue weighted by atomic mass is 9.95.